The number of ether oxygens (including phenoxy) is 1. The summed E-state index contributed by atoms with van der Waals surface area (Å²) in [7, 11) is 0. The zero-order chi connectivity index (χ0) is 16.4. The summed E-state index contributed by atoms with van der Waals surface area (Å²) in [6.07, 6.45) is 1.76. The molecule has 1 saturated heterocycles. The van der Waals surface area contributed by atoms with Crippen LogP contribution in [-0.4, -0.2) is 39.8 Å². The molecule has 3 heterocycles. The molecule has 1 unspecified atom stereocenters. The molecular formula is C17H18N4O3. The van der Waals surface area contributed by atoms with Crippen LogP contribution in [0.15, 0.2) is 45.5 Å². The number of benzene rings is 1. The molecule has 1 aliphatic rings. The smallest absolute Gasteiger partial charge is 0.246 e. The van der Waals surface area contributed by atoms with Gasteiger partial charge in [-0.15, -0.1) is 0 Å². The Morgan fingerprint density at radius 1 is 1.25 bits per heavy atom. The summed E-state index contributed by atoms with van der Waals surface area (Å²) in [5.41, 5.74) is 1.02. The van der Waals surface area contributed by atoms with Crippen molar-refractivity contribution >= 4 is 0 Å². The molecule has 4 rings (SSSR count). The summed E-state index contributed by atoms with van der Waals surface area (Å²) in [4.78, 5) is 10.9. The molecule has 0 spiro atoms. The SMILES string of the molecule is Cc1noc(C2COCCN2Cc2ncc(-c3ccccc3)o2)n1. The van der Waals surface area contributed by atoms with Crippen LogP contribution < -0.4 is 0 Å². The molecule has 2 aromatic heterocycles. The first-order valence-corrected chi connectivity index (χ1v) is 7.92. The van der Waals surface area contributed by atoms with Crippen molar-refractivity contribution in [3.8, 4) is 11.3 Å². The highest BCUT2D eigenvalue weighted by Gasteiger charge is 2.30. The molecule has 1 atom stereocenters. The lowest BCUT2D eigenvalue weighted by molar-refractivity contribution is -0.0272. The second-order valence-electron chi connectivity index (χ2n) is 5.73. The Kier molecular flexibility index (Phi) is 4.10. The monoisotopic (exact) mass is 326 g/mol. The first-order valence-electron chi connectivity index (χ1n) is 7.92. The number of hydrogen-bond donors (Lipinski definition) is 0. The van der Waals surface area contributed by atoms with E-state index in [1.807, 2.05) is 30.3 Å². The van der Waals surface area contributed by atoms with Crippen molar-refractivity contribution in [1.82, 2.24) is 20.0 Å². The van der Waals surface area contributed by atoms with Gasteiger partial charge >= 0.3 is 0 Å². The van der Waals surface area contributed by atoms with E-state index >= 15 is 0 Å². The number of rotatable bonds is 4. The zero-order valence-electron chi connectivity index (χ0n) is 13.4. The van der Waals surface area contributed by atoms with E-state index < -0.39 is 0 Å². The van der Waals surface area contributed by atoms with Gasteiger partial charge in [-0.2, -0.15) is 4.98 Å². The summed E-state index contributed by atoms with van der Waals surface area (Å²) in [5.74, 6) is 2.63. The normalized spacial score (nSPS) is 18.8. The van der Waals surface area contributed by atoms with Gasteiger partial charge in [0.2, 0.25) is 11.8 Å². The predicted molar refractivity (Wildman–Crippen MR) is 84.9 cm³/mol. The van der Waals surface area contributed by atoms with E-state index in [4.69, 9.17) is 13.7 Å². The Labute approximate surface area is 139 Å². The molecule has 0 aliphatic carbocycles. The standard InChI is InChI=1S/C17H18N4O3/c1-12-19-17(24-20-12)14-11-22-8-7-21(14)10-16-18-9-15(23-16)13-5-3-2-4-6-13/h2-6,9,14H,7-8,10-11H2,1H3. The summed E-state index contributed by atoms with van der Waals surface area (Å²) in [5, 5.41) is 3.87. The molecule has 0 amide bonds. The van der Waals surface area contributed by atoms with Gasteiger partial charge in [0.05, 0.1) is 26.0 Å². The van der Waals surface area contributed by atoms with Crippen molar-refractivity contribution in [2.45, 2.75) is 19.5 Å². The third kappa shape index (κ3) is 3.08. The zero-order valence-corrected chi connectivity index (χ0v) is 13.4. The third-order valence-corrected chi connectivity index (χ3v) is 4.02. The maximum absolute atomic E-state index is 5.90. The van der Waals surface area contributed by atoms with Gasteiger partial charge in [-0.3, -0.25) is 4.90 Å². The van der Waals surface area contributed by atoms with Crippen molar-refractivity contribution in [3.63, 3.8) is 0 Å². The van der Waals surface area contributed by atoms with Gasteiger partial charge in [0.15, 0.2) is 11.6 Å². The fourth-order valence-electron chi connectivity index (χ4n) is 2.80. The van der Waals surface area contributed by atoms with Gasteiger partial charge in [-0.1, -0.05) is 35.5 Å². The third-order valence-electron chi connectivity index (χ3n) is 4.02. The van der Waals surface area contributed by atoms with E-state index in [-0.39, 0.29) is 6.04 Å². The quantitative estimate of drug-likeness (QED) is 0.729. The number of morpholine rings is 1. The van der Waals surface area contributed by atoms with Crippen LogP contribution in [0.25, 0.3) is 11.3 Å². The summed E-state index contributed by atoms with van der Waals surface area (Å²) < 4.78 is 16.8. The van der Waals surface area contributed by atoms with E-state index in [0.29, 0.717) is 37.4 Å². The molecule has 0 saturated carbocycles. The van der Waals surface area contributed by atoms with Crippen molar-refractivity contribution < 1.29 is 13.7 Å². The van der Waals surface area contributed by atoms with Crippen LogP contribution in [0.3, 0.4) is 0 Å². The molecule has 7 nitrogen and oxygen atoms in total. The molecule has 124 valence electrons. The molecule has 0 bridgehead atoms. The molecule has 0 radical (unpaired) electrons. The van der Waals surface area contributed by atoms with Gasteiger partial charge in [0.25, 0.3) is 0 Å². The minimum atomic E-state index is -0.0768. The van der Waals surface area contributed by atoms with Crippen molar-refractivity contribution in [2.24, 2.45) is 0 Å². The molecule has 7 heteroatoms. The lowest BCUT2D eigenvalue weighted by Crippen LogP contribution is -2.39. The second-order valence-corrected chi connectivity index (χ2v) is 5.73. The van der Waals surface area contributed by atoms with Gasteiger partial charge in [-0.05, 0) is 6.92 Å². The summed E-state index contributed by atoms with van der Waals surface area (Å²) in [6.45, 7) is 4.32. The Hall–Kier alpha value is -2.51. The first-order chi connectivity index (χ1) is 11.8. The van der Waals surface area contributed by atoms with Crippen LogP contribution in [0.1, 0.15) is 23.6 Å². The molecular weight excluding hydrogens is 308 g/mol. The Morgan fingerprint density at radius 3 is 2.92 bits per heavy atom. The average Bonchev–Trinajstić information content (AvgIpc) is 3.25. The van der Waals surface area contributed by atoms with Crippen molar-refractivity contribution in [1.29, 1.82) is 0 Å². The maximum Gasteiger partial charge on any atom is 0.246 e. The highest BCUT2D eigenvalue weighted by Crippen LogP contribution is 2.26. The Balaban J connectivity index is 1.52. The maximum atomic E-state index is 5.90. The molecule has 0 N–H and O–H groups in total. The van der Waals surface area contributed by atoms with Gasteiger partial charge < -0.3 is 13.7 Å². The lowest BCUT2D eigenvalue weighted by Gasteiger charge is -2.32. The van der Waals surface area contributed by atoms with Gasteiger partial charge in [0, 0.05) is 12.1 Å². The lowest BCUT2D eigenvalue weighted by atomic mass is 10.2. The molecule has 1 fully saturated rings. The van der Waals surface area contributed by atoms with E-state index in [0.717, 1.165) is 17.9 Å². The average molecular weight is 326 g/mol. The van der Waals surface area contributed by atoms with Gasteiger partial charge in [0.1, 0.15) is 6.04 Å². The highest BCUT2D eigenvalue weighted by atomic mass is 16.5. The Bertz CT molecular complexity index is 799. The van der Waals surface area contributed by atoms with Crippen LogP contribution in [0.4, 0.5) is 0 Å². The van der Waals surface area contributed by atoms with Crippen LogP contribution in [0.2, 0.25) is 0 Å². The van der Waals surface area contributed by atoms with Crippen LogP contribution >= 0.6 is 0 Å². The van der Waals surface area contributed by atoms with Crippen LogP contribution in [0, 0.1) is 6.92 Å². The molecule has 1 aliphatic heterocycles. The number of aromatic nitrogens is 3. The first kappa shape index (κ1) is 15.0. The largest absolute Gasteiger partial charge is 0.439 e. The highest BCUT2D eigenvalue weighted by molar-refractivity contribution is 5.55. The summed E-state index contributed by atoms with van der Waals surface area (Å²) in [6, 6.07) is 9.87. The van der Waals surface area contributed by atoms with E-state index in [9.17, 15) is 0 Å². The summed E-state index contributed by atoms with van der Waals surface area (Å²) >= 11 is 0. The van der Waals surface area contributed by atoms with E-state index in [1.54, 1.807) is 13.1 Å². The fraction of sp³-hybridized carbons (Fsp3) is 0.353. The van der Waals surface area contributed by atoms with Crippen LogP contribution in [-0.2, 0) is 11.3 Å². The van der Waals surface area contributed by atoms with Crippen molar-refractivity contribution in [3.05, 3.63) is 54.1 Å². The number of aryl methyl sites for hydroxylation is 1. The number of nitrogens with zero attached hydrogens (tertiary/aromatic N) is 4. The van der Waals surface area contributed by atoms with Crippen molar-refractivity contribution in [2.75, 3.05) is 19.8 Å². The van der Waals surface area contributed by atoms with Crippen LogP contribution in [0.5, 0.6) is 0 Å². The minimum absolute atomic E-state index is 0.0768. The predicted octanol–water partition coefficient (Wildman–Crippen LogP) is 2.61. The molecule has 3 aromatic rings. The topological polar surface area (TPSA) is 77.4 Å². The molecule has 24 heavy (non-hydrogen) atoms. The second kappa shape index (κ2) is 6.54. The molecule has 1 aromatic carbocycles. The fourth-order valence-corrected chi connectivity index (χ4v) is 2.80. The number of oxazole rings is 1. The minimum Gasteiger partial charge on any atom is -0.439 e. The Morgan fingerprint density at radius 2 is 2.12 bits per heavy atom. The van der Waals surface area contributed by atoms with Gasteiger partial charge in [-0.25, -0.2) is 4.98 Å². The van der Waals surface area contributed by atoms with E-state index in [2.05, 4.69) is 20.0 Å². The number of hydrogen-bond acceptors (Lipinski definition) is 7. The van der Waals surface area contributed by atoms with E-state index in [1.165, 1.54) is 0 Å².